The summed E-state index contributed by atoms with van der Waals surface area (Å²) in [5, 5.41) is 12.3. The molecule has 2 atom stereocenters. The van der Waals surface area contributed by atoms with Crippen molar-refractivity contribution < 1.29 is 19.2 Å². The molecular weight excluding hydrogens is 472 g/mol. The van der Waals surface area contributed by atoms with Gasteiger partial charge in [0.2, 0.25) is 5.69 Å². The third kappa shape index (κ3) is 3.72. The molecule has 0 saturated heterocycles. The van der Waals surface area contributed by atoms with E-state index in [1.165, 1.54) is 11.1 Å². The van der Waals surface area contributed by atoms with Crippen LogP contribution in [0.1, 0.15) is 36.5 Å². The largest absolute Gasteiger partial charge is 0.497 e. The molecule has 0 amide bonds. The van der Waals surface area contributed by atoms with Crippen LogP contribution in [0.2, 0.25) is 0 Å². The molecule has 0 radical (unpaired) electrons. The van der Waals surface area contributed by atoms with Gasteiger partial charge in [0.1, 0.15) is 5.75 Å². The van der Waals surface area contributed by atoms with Gasteiger partial charge in [-0.1, -0.05) is 48.5 Å². The topological polar surface area (TPSA) is 54.5 Å². The molecule has 1 saturated carbocycles. The fraction of sp³-hybridized carbons (Fsp3) is 0.273. The number of para-hydroxylation sites is 2. The van der Waals surface area contributed by atoms with Crippen molar-refractivity contribution in [1.29, 1.82) is 0 Å². The Morgan fingerprint density at radius 3 is 2.47 bits per heavy atom. The van der Waals surface area contributed by atoms with Crippen LogP contribution in [-0.2, 0) is 23.7 Å². The number of nitrogens with zero attached hydrogens (tertiary/aromatic N) is 2. The number of aliphatic hydroxyl groups excluding tert-OH is 1. The number of carbonyl (C=O) groups is 1. The summed E-state index contributed by atoms with van der Waals surface area (Å²) in [6, 6.07) is 24.6. The fourth-order valence-corrected chi connectivity index (χ4v) is 6.16. The molecule has 2 unspecified atom stereocenters. The first-order valence-corrected chi connectivity index (χ1v) is 13.2. The minimum Gasteiger partial charge on any atom is -0.497 e. The Bertz CT molecular complexity index is 1620. The van der Waals surface area contributed by atoms with Crippen molar-refractivity contribution in [3.63, 3.8) is 0 Å². The first-order valence-electron chi connectivity index (χ1n) is 13.2. The summed E-state index contributed by atoms with van der Waals surface area (Å²) < 4.78 is 9.65. The van der Waals surface area contributed by atoms with Crippen LogP contribution < -0.4 is 4.74 Å². The van der Waals surface area contributed by atoms with E-state index >= 15 is 0 Å². The van der Waals surface area contributed by atoms with Gasteiger partial charge in [0.15, 0.2) is 18.0 Å². The van der Waals surface area contributed by atoms with Gasteiger partial charge in [-0.2, -0.15) is 4.58 Å². The molecule has 0 spiro atoms. The van der Waals surface area contributed by atoms with Gasteiger partial charge in [-0.15, -0.1) is 0 Å². The van der Waals surface area contributed by atoms with Crippen LogP contribution in [0.4, 0.5) is 5.69 Å². The van der Waals surface area contributed by atoms with Crippen molar-refractivity contribution in [3.05, 3.63) is 107 Å². The van der Waals surface area contributed by atoms with Gasteiger partial charge in [0, 0.05) is 53.8 Å². The average Bonchev–Trinajstić information content (AvgIpc) is 3.37. The monoisotopic (exact) mass is 505 g/mol. The highest BCUT2D eigenvalue weighted by Crippen LogP contribution is 2.44. The van der Waals surface area contributed by atoms with E-state index < -0.39 is 12.0 Å². The molecule has 4 aromatic rings. The predicted octanol–water partition coefficient (Wildman–Crippen LogP) is 5.46. The van der Waals surface area contributed by atoms with Crippen LogP contribution in [0.25, 0.3) is 10.9 Å². The zero-order valence-electron chi connectivity index (χ0n) is 22.3. The number of aryl methyl sites for hydroxylation is 1. The van der Waals surface area contributed by atoms with Gasteiger partial charge in [-0.25, -0.2) is 0 Å². The smallest absolute Gasteiger partial charge is 0.209 e. The number of fused-ring (bicyclic) bond motifs is 2. The normalized spacial score (nSPS) is 21.2. The standard InChI is InChI=1S/C33H33N2O3/c1-33(2)26-10-6-8-12-28(26)35(18-17-21-13-15-22(38-4)16-14-21)29(33)19-24-31(36)30(32(24)37)25-20-34(3)27-11-7-5-9-23(25)27/h5-16,19-20,30-31,36H,17-18H2,1-4H3/q+1. The number of carbonyl (C=O) groups excluding carboxylic acids is 1. The number of hydrogen-bond donors (Lipinski definition) is 1. The maximum Gasteiger partial charge on any atom is 0.209 e. The number of ether oxygens (including phenoxy) is 1. The summed E-state index contributed by atoms with van der Waals surface area (Å²) >= 11 is 0. The number of rotatable bonds is 6. The molecule has 6 rings (SSSR count). The third-order valence-electron chi connectivity index (χ3n) is 8.34. The van der Waals surface area contributed by atoms with E-state index in [0.29, 0.717) is 5.57 Å². The second-order valence-electron chi connectivity index (χ2n) is 10.9. The molecule has 2 heterocycles. The molecule has 2 aliphatic rings. The molecule has 1 aliphatic carbocycles. The van der Waals surface area contributed by atoms with Crippen LogP contribution in [0.3, 0.4) is 0 Å². The van der Waals surface area contributed by atoms with Crippen molar-refractivity contribution >= 4 is 28.1 Å². The Labute approximate surface area is 223 Å². The minimum absolute atomic E-state index is 0.00298. The van der Waals surface area contributed by atoms with Crippen molar-refractivity contribution in [2.24, 2.45) is 7.05 Å². The number of Topliss-reactive ketones (excluding diaryl/α,β-unsaturated/α-hetero) is 1. The maximum atomic E-state index is 13.6. The van der Waals surface area contributed by atoms with Gasteiger partial charge < -0.3 is 14.4 Å². The van der Waals surface area contributed by atoms with Gasteiger partial charge in [0.25, 0.3) is 0 Å². The number of benzene rings is 3. The van der Waals surface area contributed by atoms with Crippen LogP contribution in [0.15, 0.2) is 90.6 Å². The Kier molecular flexibility index (Phi) is 5.84. The lowest BCUT2D eigenvalue weighted by atomic mass is 9.69. The van der Waals surface area contributed by atoms with Crippen LogP contribution in [0, 0.1) is 0 Å². The SMILES string of the molecule is COc1ccc(CC[N+]2=C(C=C3C(=O)C(c4cn(C)c5ccccc45)C3O)C(C)(C)c3ccccc32)cc1. The highest BCUT2D eigenvalue weighted by atomic mass is 16.5. The summed E-state index contributed by atoms with van der Waals surface area (Å²) in [7, 11) is 3.65. The van der Waals surface area contributed by atoms with E-state index in [0.717, 1.165) is 46.6 Å². The van der Waals surface area contributed by atoms with E-state index in [-0.39, 0.29) is 11.2 Å². The van der Waals surface area contributed by atoms with E-state index in [4.69, 9.17) is 4.74 Å². The maximum absolute atomic E-state index is 13.6. The second kappa shape index (κ2) is 9.10. The predicted molar refractivity (Wildman–Crippen MR) is 151 cm³/mol. The third-order valence-corrected chi connectivity index (χ3v) is 8.34. The molecule has 5 nitrogen and oxygen atoms in total. The molecule has 1 aromatic heterocycles. The Hall–Kier alpha value is -3.96. The van der Waals surface area contributed by atoms with Crippen LogP contribution >= 0.6 is 0 Å². The van der Waals surface area contributed by atoms with Crippen molar-refractivity contribution in [3.8, 4) is 5.75 Å². The van der Waals surface area contributed by atoms with Gasteiger partial charge in [0.05, 0.1) is 24.5 Å². The zero-order valence-corrected chi connectivity index (χ0v) is 22.3. The second-order valence-corrected chi connectivity index (χ2v) is 10.9. The molecule has 1 fully saturated rings. The molecule has 1 aliphatic heterocycles. The molecule has 1 N–H and O–H groups in total. The summed E-state index contributed by atoms with van der Waals surface area (Å²) in [6.45, 7) is 5.16. The number of aliphatic hydroxyl groups is 1. The molecule has 3 aromatic carbocycles. The van der Waals surface area contributed by atoms with Gasteiger partial charge in [-0.05, 0) is 43.2 Å². The lowest BCUT2D eigenvalue weighted by molar-refractivity contribution is -0.436. The van der Waals surface area contributed by atoms with Crippen LogP contribution in [-0.4, -0.2) is 45.5 Å². The molecule has 5 heteroatoms. The number of methoxy groups -OCH3 is 1. The lowest BCUT2D eigenvalue weighted by Crippen LogP contribution is -2.44. The van der Waals surface area contributed by atoms with E-state index in [9.17, 15) is 9.90 Å². The van der Waals surface area contributed by atoms with Crippen LogP contribution in [0.5, 0.6) is 5.75 Å². The van der Waals surface area contributed by atoms with E-state index in [1.807, 2.05) is 60.3 Å². The first-order chi connectivity index (χ1) is 18.3. The fourth-order valence-electron chi connectivity index (χ4n) is 6.16. The minimum atomic E-state index is -0.830. The molecule has 38 heavy (non-hydrogen) atoms. The van der Waals surface area contributed by atoms with Crippen molar-refractivity contribution in [2.45, 2.75) is 37.7 Å². The summed E-state index contributed by atoms with van der Waals surface area (Å²) in [6.07, 6.45) is 3.96. The number of ketones is 1. The highest BCUT2D eigenvalue weighted by molar-refractivity contribution is 6.16. The molecular formula is C33H33N2O3+. The lowest BCUT2D eigenvalue weighted by Gasteiger charge is -2.34. The zero-order chi connectivity index (χ0) is 26.6. The quantitative estimate of drug-likeness (QED) is 0.280. The van der Waals surface area contributed by atoms with E-state index in [1.54, 1.807) is 7.11 Å². The highest BCUT2D eigenvalue weighted by Gasteiger charge is 2.50. The average molecular weight is 506 g/mol. The number of allylic oxidation sites excluding steroid dienone is 1. The van der Waals surface area contributed by atoms with Gasteiger partial charge >= 0.3 is 0 Å². The summed E-state index contributed by atoms with van der Waals surface area (Å²) in [5.41, 5.74) is 6.81. The summed E-state index contributed by atoms with van der Waals surface area (Å²) in [4.78, 5) is 13.6. The molecule has 0 bridgehead atoms. The van der Waals surface area contributed by atoms with Gasteiger partial charge in [-0.3, -0.25) is 4.79 Å². The molecule has 192 valence electrons. The summed E-state index contributed by atoms with van der Waals surface area (Å²) in [5.74, 6) is 0.312. The van der Waals surface area contributed by atoms with E-state index in [2.05, 4.69) is 54.8 Å². The van der Waals surface area contributed by atoms with Crippen molar-refractivity contribution in [1.82, 2.24) is 4.57 Å². The first kappa shape index (κ1) is 24.4. The Morgan fingerprint density at radius 2 is 1.74 bits per heavy atom. The number of hydrogen-bond acceptors (Lipinski definition) is 3. The van der Waals surface area contributed by atoms with Crippen molar-refractivity contribution in [2.75, 3.05) is 13.7 Å². The Balaban J connectivity index is 1.36. The number of aromatic nitrogens is 1. The Morgan fingerprint density at radius 1 is 1.03 bits per heavy atom.